The number of halogens is 4. The van der Waals surface area contributed by atoms with Crippen LogP contribution >= 0.6 is 45.3 Å². The number of likely N-dealkylation sites (tertiary alicyclic amines) is 4. The van der Waals surface area contributed by atoms with Gasteiger partial charge in [-0.2, -0.15) is 5.26 Å². The largest absolute Gasteiger partial charge is 0.389 e. The van der Waals surface area contributed by atoms with E-state index in [9.17, 15) is 81.6 Å². The van der Waals surface area contributed by atoms with Crippen LogP contribution in [-0.4, -0.2) is 277 Å². The van der Waals surface area contributed by atoms with E-state index in [0.717, 1.165) is 158 Å². The maximum absolute atomic E-state index is 13.8. The fourth-order valence-electron chi connectivity index (χ4n) is 19.3. The fourth-order valence-corrected chi connectivity index (χ4v) is 23.4. The summed E-state index contributed by atoms with van der Waals surface area (Å²) >= 11 is 4.36. The predicted octanol–water partition coefficient (Wildman–Crippen LogP) is 18.0. The van der Waals surface area contributed by atoms with Gasteiger partial charge in [0.2, 0.25) is 5.69 Å². The molecular formula is C107H142F4N22O12S4. The summed E-state index contributed by atoms with van der Waals surface area (Å²) in [4.78, 5) is 154. The summed E-state index contributed by atoms with van der Waals surface area (Å²) in [5, 5.41) is 75.1. The number of carbonyl (C=O) groups is 8. The molecular weight excluding hydrogens is 1990 g/mol. The van der Waals surface area contributed by atoms with Crippen molar-refractivity contribution in [3.05, 3.63) is 119 Å². The first-order chi connectivity index (χ1) is 71.0. The van der Waals surface area contributed by atoms with Crippen LogP contribution in [0, 0.1) is 31.8 Å². The summed E-state index contributed by atoms with van der Waals surface area (Å²) in [6.45, 7) is 26.7. The van der Waals surface area contributed by atoms with Crippen LogP contribution in [0.2, 0.25) is 0 Å². The molecule has 0 unspecified atom stereocenters. The molecule has 5 aliphatic carbocycles. The number of anilines is 4. The zero-order valence-corrected chi connectivity index (χ0v) is 90.2. The highest BCUT2D eigenvalue weighted by Crippen LogP contribution is 2.49. The summed E-state index contributed by atoms with van der Waals surface area (Å²) in [6, 6.07) is 9.44. The first-order valence-corrected chi connectivity index (χ1v) is 55.9. The van der Waals surface area contributed by atoms with Gasteiger partial charge in [-0.15, -0.1) is 45.3 Å². The van der Waals surface area contributed by atoms with E-state index < -0.39 is 76.6 Å². The van der Waals surface area contributed by atoms with E-state index >= 15 is 0 Å². The second kappa shape index (κ2) is 51.2. The second-order valence-corrected chi connectivity index (χ2v) is 47.2. The van der Waals surface area contributed by atoms with Crippen molar-refractivity contribution in [2.75, 3.05) is 99.8 Å². The van der Waals surface area contributed by atoms with Crippen molar-refractivity contribution in [3.8, 4) is 47.8 Å². The molecule has 9 aliphatic rings. The van der Waals surface area contributed by atoms with Crippen LogP contribution in [0.25, 0.3) is 46.6 Å². The molecule has 12 N–H and O–H groups in total. The molecule has 34 nitrogen and oxygen atoms in total. The Morgan fingerprint density at radius 2 is 0.658 bits per heavy atom. The number of hydrogen-bond donors (Lipinski definition) is 12. The van der Waals surface area contributed by atoms with Gasteiger partial charge < -0.3 is 82.6 Å². The van der Waals surface area contributed by atoms with Crippen molar-refractivity contribution in [1.29, 1.82) is 5.26 Å². The first-order valence-electron chi connectivity index (χ1n) is 52.6. The summed E-state index contributed by atoms with van der Waals surface area (Å²) < 4.78 is 54.9. The van der Waals surface area contributed by atoms with E-state index in [1.54, 1.807) is 102 Å². The maximum Gasteiger partial charge on any atom is 0.280 e. The van der Waals surface area contributed by atoms with Crippen LogP contribution in [0.1, 0.15) is 357 Å². The molecule has 0 radical (unpaired) electrons. The van der Waals surface area contributed by atoms with E-state index in [0.29, 0.717) is 135 Å². The molecule has 4 saturated heterocycles. The van der Waals surface area contributed by atoms with E-state index in [-0.39, 0.29) is 145 Å². The molecule has 8 amide bonds. The molecule has 9 fully saturated rings. The number of pyridine rings is 4. The highest BCUT2D eigenvalue weighted by molar-refractivity contribution is 7.18. The number of thiazole rings is 4. The Bertz CT molecular complexity index is 6100. The lowest BCUT2D eigenvalue weighted by molar-refractivity contribution is 0.0652. The number of nitrogens with zero attached hydrogens (tertiary/aromatic N) is 14. The first kappa shape index (κ1) is 113. The fraction of sp³-hybridized carbons (Fsp3) is 0.607. The number of nitrogens with one attached hydrogen (secondary N) is 8. The van der Waals surface area contributed by atoms with Gasteiger partial charge in [0.25, 0.3) is 47.3 Å². The summed E-state index contributed by atoms with van der Waals surface area (Å²) in [5.41, 5.74) is 2.10. The molecule has 8 aromatic heterocycles. The van der Waals surface area contributed by atoms with Crippen molar-refractivity contribution in [2.45, 2.75) is 339 Å². The van der Waals surface area contributed by atoms with Gasteiger partial charge in [-0.1, -0.05) is 77.0 Å². The standard InChI is InChI=1S/C28H38FN5O3S.C27H35FN6O3S.C26H33FN6O3S.C26H36FN5O3S/c1-28(2,37)16-31-25(35)26-33-23(27(36)34-12-10-18(29)11-13-34)24(38-26)21-15-30-22(14-20(21)17-8-9-17)32-19-6-4-3-5-7-19;1-16-19(13-29)23(32-18-7-5-4-6-8-18)30-14-20(16)22-21(26(36)34-11-9-17(28)10-12-34)33-25(38-22)24(35)31-15-27(2,3)37;1-26(2,36)15-30-23(34)24-32-21(25(35)33-11-9-16(27)10-12-33)22(37-24)18-14-29-20(13-19(18)28-3)31-17-7-5-4-6-8-17;1-16-13-20(30-18-7-5-4-6-8-18)28-14-19(16)22-21(25(34)32-11-9-17(27)10-12-32)31-24(36-22)23(33)29-15-26(2,3)35/h14-15,17-19,37H,3-13,16H2,1-2H3,(H,30,32)(H,31,35);14,17-18,37H,4-12,15H2,1-3H3,(H,30,32)(H,31,35);13-14,16-17,36H,4-12,15H2,1-2H3,(H,29,31)(H,30,34);13-14,17-18,35H,4-12,15H2,1-3H3,(H,28,30)(H,29,33). The number of aliphatic hydroxyl groups is 4. The van der Waals surface area contributed by atoms with Crippen LogP contribution < -0.4 is 42.5 Å². The Hall–Kier alpha value is -11.4. The normalized spacial score (nSPS) is 17.9. The Labute approximate surface area is 884 Å². The van der Waals surface area contributed by atoms with Crippen molar-refractivity contribution >= 4 is 122 Å². The Kier molecular flexibility index (Phi) is 38.9. The van der Waals surface area contributed by atoms with Gasteiger partial charge in [-0.25, -0.2) is 62.3 Å². The Balaban J connectivity index is 0.000000157. The minimum atomic E-state index is -1.12. The summed E-state index contributed by atoms with van der Waals surface area (Å²) in [5.74, 6) is -0.131. The van der Waals surface area contributed by atoms with Gasteiger partial charge >= 0.3 is 0 Å². The number of alkyl halides is 4. The topological polar surface area (TPSA) is 458 Å². The van der Waals surface area contributed by atoms with Gasteiger partial charge in [0.1, 0.15) is 76.8 Å². The molecule has 5 saturated carbocycles. The van der Waals surface area contributed by atoms with Gasteiger partial charge in [0, 0.05) is 150 Å². The molecule has 0 atom stereocenters. The Morgan fingerprint density at radius 3 is 0.960 bits per heavy atom. The van der Waals surface area contributed by atoms with Crippen molar-refractivity contribution in [1.82, 2.24) is 80.7 Å². The maximum atomic E-state index is 13.8. The van der Waals surface area contributed by atoms with E-state index in [1.807, 2.05) is 19.2 Å². The van der Waals surface area contributed by atoms with Crippen LogP contribution in [0.15, 0.2) is 43.0 Å². The van der Waals surface area contributed by atoms with Crippen molar-refractivity contribution in [2.24, 2.45) is 0 Å². The second-order valence-electron chi connectivity index (χ2n) is 43.2. The number of amides is 8. The zero-order chi connectivity index (χ0) is 107. The number of aromatic nitrogens is 8. The monoisotopic (exact) mass is 2130 g/mol. The third kappa shape index (κ3) is 31.7. The lowest BCUT2D eigenvalue weighted by Crippen LogP contribution is -2.39. The Morgan fingerprint density at radius 1 is 0.383 bits per heavy atom. The molecule has 8 aromatic rings. The molecule has 0 aromatic carbocycles. The van der Waals surface area contributed by atoms with Crippen LogP contribution in [0.4, 0.5) is 46.5 Å². The van der Waals surface area contributed by atoms with E-state index in [1.165, 1.54) is 67.6 Å². The van der Waals surface area contributed by atoms with Gasteiger partial charge in [-0.3, -0.25) is 38.4 Å². The van der Waals surface area contributed by atoms with Gasteiger partial charge in [0.15, 0.2) is 20.0 Å². The van der Waals surface area contributed by atoms with Crippen molar-refractivity contribution in [3.63, 3.8) is 0 Å². The third-order valence-corrected chi connectivity index (χ3v) is 32.3. The molecule has 0 bridgehead atoms. The molecule has 4 aliphatic heterocycles. The predicted molar refractivity (Wildman–Crippen MR) is 570 cm³/mol. The SMILES string of the molecule is CC(C)(O)CNC(=O)c1nc(C(=O)N2CCC(F)CC2)c(-c2cnc(NC3CCCCC3)cc2C2CC2)s1.Cc1c(-c2sc(C(=O)NCC(C)(C)O)nc2C(=O)N2CCC(F)CC2)cnc(NC2CCCCC2)c1C#N.Cc1cc(NC2CCCCC2)ncc1-c1sc(C(=O)NCC(C)(C)O)nc1C(=O)N1CCC(F)CC1.[C-]#[N+]c1cc(NC2CCCCC2)ncc1-c1sc(C(=O)NCC(C)(C)O)nc1C(=O)N1CCC(F)CC1. The summed E-state index contributed by atoms with van der Waals surface area (Å²) in [7, 11) is 0. The molecule has 12 heterocycles. The number of aryl methyl sites for hydroxylation is 1. The highest BCUT2D eigenvalue weighted by atomic mass is 32.1. The molecule has 149 heavy (non-hydrogen) atoms. The number of rotatable bonds is 29. The molecule has 804 valence electrons. The number of carbonyl (C=O) groups excluding carboxylic acids is 8. The van der Waals surface area contributed by atoms with Crippen LogP contribution in [0.5, 0.6) is 0 Å². The number of piperidine rings is 4. The van der Waals surface area contributed by atoms with E-state index in [4.69, 9.17) is 11.6 Å². The highest BCUT2D eigenvalue weighted by Gasteiger charge is 2.40. The van der Waals surface area contributed by atoms with Crippen LogP contribution in [-0.2, 0) is 0 Å². The molecule has 0 spiro atoms. The van der Waals surface area contributed by atoms with E-state index in [2.05, 4.69) is 94.4 Å². The lowest BCUT2D eigenvalue weighted by Gasteiger charge is -2.28. The smallest absolute Gasteiger partial charge is 0.280 e. The minimum Gasteiger partial charge on any atom is -0.389 e. The zero-order valence-electron chi connectivity index (χ0n) is 86.9. The number of hydrogen-bond acceptors (Lipinski definition) is 29. The quantitative estimate of drug-likeness (QED) is 0.0153. The van der Waals surface area contributed by atoms with Crippen LogP contribution in [0.3, 0.4) is 0 Å². The minimum absolute atomic E-state index is 0.00440. The third-order valence-electron chi connectivity index (χ3n) is 28.0. The average molecular weight is 2130 g/mol. The molecule has 42 heteroatoms. The average Bonchev–Trinajstić information content (AvgIpc) is 1.54. The number of nitriles is 1. The van der Waals surface area contributed by atoms with Gasteiger partial charge in [-0.05, 0) is 226 Å². The summed E-state index contributed by atoms with van der Waals surface area (Å²) in [6.07, 6.45) is 30.7. The van der Waals surface area contributed by atoms with Crippen molar-refractivity contribution < 1.29 is 76.3 Å². The van der Waals surface area contributed by atoms with Gasteiger partial charge in [0.05, 0.1) is 54.0 Å². The molecule has 17 rings (SSSR count). The lowest BCUT2D eigenvalue weighted by atomic mass is 9.95.